The molecule has 136 valence electrons. The van der Waals surface area contributed by atoms with Gasteiger partial charge in [0.05, 0.1) is 6.54 Å². The lowest BCUT2D eigenvalue weighted by atomic mass is 10.1. The third-order valence-corrected chi connectivity index (χ3v) is 3.98. The molecule has 0 unspecified atom stereocenters. The molecule has 0 aliphatic heterocycles. The quantitative estimate of drug-likeness (QED) is 0.758. The van der Waals surface area contributed by atoms with Crippen molar-refractivity contribution < 1.29 is 13.6 Å². The molecule has 1 aromatic carbocycles. The first-order valence-electron chi connectivity index (χ1n) is 8.51. The number of hydrogen-bond donors (Lipinski definition) is 0. The molecule has 4 nitrogen and oxygen atoms in total. The lowest BCUT2D eigenvalue weighted by Gasteiger charge is -2.27. The number of hydrogen-bond acceptors (Lipinski definition) is 2. The van der Waals surface area contributed by atoms with Crippen LogP contribution in [0.5, 0.6) is 0 Å². The van der Waals surface area contributed by atoms with Gasteiger partial charge in [0.1, 0.15) is 5.82 Å². The third-order valence-electron chi connectivity index (χ3n) is 3.98. The molecule has 1 aromatic heterocycles. The molecule has 1 amide bonds. The van der Waals surface area contributed by atoms with E-state index in [2.05, 4.69) is 4.98 Å². The van der Waals surface area contributed by atoms with Crippen LogP contribution in [0.1, 0.15) is 45.5 Å². The average molecular weight is 349 g/mol. The summed E-state index contributed by atoms with van der Waals surface area (Å²) in [7, 11) is 0. The molecule has 0 N–H and O–H groups in total. The fraction of sp³-hybridized carbons (Fsp3) is 0.474. The number of carbonyl (C=O) groups is 1. The van der Waals surface area contributed by atoms with Gasteiger partial charge in [-0.25, -0.2) is 13.8 Å². The minimum absolute atomic E-state index is 0.0552. The molecule has 2 rings (SSSR count). The van der Waals surface area contributed by atoms with Crippen LogP contribution in [0, 0.1) is 17.6 Å². The maximum atomic E-state index is 13.4. The number of rotatable bonds is 7. The first-order chi connectivity index (χ1) is 11.8. The van der Waals surface area contributed by atoms with Crippen LogP contribution in [0.15, 0.2) is 30.6 Å². The highest BCUT2D eigenvalue weighted by atomic mass is 19.2. The van der Waals surface area contributed by atoms with Crippen LogP contribution >= 0.6 is 0 Å². The molecule has 0 bridgehead atoms. The molecular formula is C19H25F2N3O. The van der Waals surface area contributed by atoms with Crippen molar-refractivity contribution >= 4 is 5.91 Å². The normalized spacial score (nSPS) is 11.4. The van der Waals surface area contributed by atoms with Crippen LogP contribution < -0.4 is 0 Å². The van der Waals surface area contributed by atoms with Crippen molar-refractivity contribution in [3.8, 4) is 0 Å². The van der Waals surface area contributed by atoms with Crippen LogP contribution in [0.2, 0.25) is 0 Å². The van der Waals surface area contributed by atoms with Crippen LogP contribution in [-0.2, 0) is 17.9 Å². The summed E-state index contributed by atoms with van der Waals surface area (Å²) in [5.41, 5.74) is 0.641. The van der Waals surface area contributed by atoms with E-state index in [1.54, 1.807) is 23.4 Å². The van der Waals surface area contributed by atoms with Gasteiger partial charge in [0.2, 0.25) is 5.91 Å². The second-order valence-electron chi connectivity index (χ2n) is 6.93. The highest BCUT2D eigenvalue weighted by Gasteiger charge is 2.20. The van der Waals surface area contributed by atoms with E-state index >= 15 is 0 Å². The highest BCUT2D eigenvalue weighted by molar-refractivity contribution is 5.76. The van der Waals surface area contributed by atoms with E-state index in [1.165, 1.54) is 6.07 Å². The summed E-state index contributed by atoms with van der Waals surface area (Å²) >= 11 is 0. The zero-order chi connectivity index (χ0) is 18.6. The fourth-order valence-corrected chi connectivity index (χ4v) is 2.65. The van der Waals surface area contributed by atoms with Gasteiger partial charge < -0.3 is 9.47 Å². The monoisotopic (exact) mass is 349 g/mol. The molecule has 0 aliphatic rings. The standard InChI is InChI=1S/C19H25F2N3O/c1-13(2)9-19(25)24(14(3)4)12-18-22-7-8-23(18)11-15-5-6-16(20)17(21)10-15/h5-8,10,13-14H,9,11-12H2,1-4H3. The molecule has 2 aromatic rings. The molecular weight excluding hydrogens is 324 g/mol. The lowest BCUT2D eigenvalue weighted by molar-refractivity contribution is -0.134. The molecule has 0 atom stereocenters. The van der Waals surface area contributed by atoms with Crippen LogP contribution in [0.25, 0.3) is 0 Å². The van der Waals surface area contributed by atoms with Gasteiger partial charge in [-0.15, -0.1) is 0 Å². The zero-order valence-electron chi connectivity index (χ0n) is 15.2. The summed E-state index contributed by atoms with van der Waals surface area (Å²) in [5, 5.41) is 0. The van der Waals surface area contributed by atoms with Crippen molar-refractivity contribution in [1.29, 1.82) is 0 Å². The van der Waals surface area contributed by atoms with Crippen molar-refractivity contribution in [2.24, 2.45) is 5.92 Å². The molecule has 0 spiro atoms. The van der Waals surface area contributed by atoms with Gasteiger partial charge in [0.15, 0.2) is 11.6 Å². The summed E-state index contributed by atoms with van der Waals surface area (Å²) in [5.74, 6) is -0.631. The first kappa shape index (κ1) is 19.1. The molecule has 25 heavy (non-hydrogen) atoms. The Morgan fingerprint density at radius 1 is 1.20 bits per heavy atom. The number of aromatic nitrogens is 2. The Bertz CT molecular complexity index is 725. The second kappa shape index (κ2) is 8.23. The van der Waals surface area contributed by atoms with Gasteiger partial charge in [-0.1, -0.05) is 19.9 Å². The van der Waals surface area contributed by atoms with E-state index in [0.717, 1.165) is 11.9 Å². The summed E-state index contributed by atoms with van der Waals surface area (Å²) < 4.78 is 28.3. The SMILES string of the molecule is CC(C)CC(=O)N(Cc1nccn1Cc1ccc(F)c(F)c1)C(C)C. The third kappa shape index (κ3) is 5.11. The van der Waals surface area contributed by atoms with Crippen molar-refractivity contribution in [2.75, 3.05) is 0 Å². The Balaban J connectivity index is 2.16. The minimum Gasteiger partial charge on any atom is -0.333 e. The Hall–Kier alpha value is -2.24. The molecule has 0 radical (unpaired) electrons. The van der Waals surface area contributed by atoms with Crippen molar-refractivity contribution in [3.05, 3.63) is 53.6 Å². The summed E-state index contributed by atoms with van der Waals surface area (Å²) in [6.45, 7) is 8.74. The highest BCUT2D eigenvalue weighted by Crippen LogP contribution is 2.15. The fourth-order valence-electron chi connectivity index (χ4n) is 2.65. The van der Waals surface area contributed by atoms with E-state index in [-0.39, 0.29) is 17.9 Å². The molecule has 0 saturated carbocycles. The maximum absolute atomic E-state index is 13.4. The van der Waals surface area contributed by atoms with Crippen molar-refractivity contribution in [1.82, 2.24) is 14.5 Å². The van der Waals surface area contributed by atoms with E-state index in [9.17, 15) is 13.6 Å². The second-order valence-corrected chi connectivity index (χ2v) is 6.93. The largest absolute Gasteiger partial charge is 0.333 e. The van der Waals surface area contributed by atoms with Gasteiger partial charge in [-0.2, -0.15) is 0 Å². The number of halogens is 2. The Kier molecular flexibility index (Phi) is 6.28. The first-order valence-corrected chi connectivity index (χ1v) is 8.51. The van der Waals surface area contributed by atoms with E-state index in [0.29, 0.717) is 25.1 Å². The Morgan fingerprint density at radius 2 is 1.92 bits per heavy atom. The summed E-state index contributed by atoms with van der Waals surface area (Å²) in [4.78, 5) is 18.6. The van der Waals surface area contributed by atoms with Gasteiger partial charge in [0, 0.05) is 31.4 Å². The topological polar surface area (TPSA) is 38.1 Å². The van der Waals surface area contributed by atoms with Gasteiger partial charge in [0.25, 0.3) is 0 Å². The number of imidazole rings is 1. The predicted octanol–water partition coefficient (Wildman–Crippen LogP) is 3.99. The van der Waals surface area contributed by atoms with E-state index in [4.69, 9.17) is 0 Å². The Morgan fingerprint density at radius 3 is 2.52 bits per heavy atom. The number of carbonyl (C=O) groups excluding carboxylic acids is 1. The maximum Gasteiger partial charge on any atom is 0.223 e. The average Bonchev–Trinajstić information content (AvgIpc) is 2.94. The van der Waals surface area contributed by atoms with Gasteiger partial charge in [-0.3, -0.25) is 4.79 Å². The van der Waals surface area contributed by atoms with Crippen molar-refractivity contribution in [2.45, 2.75) is 53.2 Å². The molecule has 0 aliphatic carbocycles. The van der Waals surface area contributed by atoms with Crippen LogP contribution in [0.4, 0.5) is 8.78 Å². The zero-order valence-corrected chi connectivity index (χ0v) is 15.2. The molecule has 1 heterocycles. The lowest BCUT2D eigenvalue weighted by Crippen LogP contribution is -2.37. The van der Waals surface area contributed by atoms with Gasteiger partial charge in [-0.05, 0) is 37.5 Å². The minimum atomic E-state index is -0.866. The molecule has 6 heteroatoms. The molecule has 0 saturated heterocycles. The van der Waals surface area contributed by atoms with Gasteiger partial charge >= 0.3 is 0 Å². The van der Waals surface area contributed by atoms with Crippen molar-refractivity contribution in [3.63, 3.8) is 0 Å². The predicted molar refractivity (Wildman–Crippen MR) is 92.8 cm³/mol. The number of nitrogens with zero attached hydrogens (tertiary/aromatic N) is 3. The van der Waals surface area contributed by atoms with Crippen LogP contribution in [-0.4, -0.2) is 26.4 Å². The van der Waals surface area contributed by atoms with Crippen LogP contribution in [0.3, 0.4) is 0 Å². The summed E-state index contributed by atoms with van der Waals surface area (Å²) in [6, 6.07) is 3.91. The summed E-state index contributed by atoms with van der Waals surface area (Å²) in [6.07, 6.45) is 3.92. The Labute approximate surface area is 147 Å². The van der Waals surface area contributed by atoms with E-state index in [1.807, 2.05) is 32.3 Å². The number of benzene rings is 1. The van der Waals surface area contributed by atoms with E-state index < -0.39 is 11.6 Å². The number of amides is 1. The smallest absolute Gasteiger partial charge is 0.223 e. The molecule has 0 fully saturated rings.